The van der Waals surface area contributed by atoms with Gasteiger partial charge in [0.05, 0.1) is 29.1 Å². The van der Waals surface area contributed by atoms with Crippen LogP contribution in [-0.4, -0.2) is 19.7 Å². The third-order valence-corrected chi connectivity index (χ3v) is 2.74. The molecule has 0 unspecified atom stereocenters. The van der Waals surface area contributed by atoms with Gasteiger partial charge in [-0.15, -0.1) is 0 Å². The summed E-state index contributed by atoms with van der Waals surface area (Å²) in [5.74, 6) is 5.60. The van der Waals surface area contributed by atoms with E-state index in [-0.39, 0.29) is 5.56 Å². The molecule has 0 saturated heterocycles. The molecule has 3 aromatic rings. The molecule has 0 radical (unpaired) electrons. The highest BCUT2D eigenvalue weighted by Gasteiger charge is 2.04. The zero-order valence-corrected chi connectivity index (χ0v) is 11.2. The third kappa shape index (κ3) is 2.97. The number of rotatable bonds is 1. The van der Waals surface area contributed by atoms with Crippen LogP contribution in [0.1, 0.15) is 17.0 Å². The second-order valence-electron chi connectivity index (χ2n) is 4.31. The van der Waals surface area contributed by atoms with Crippen LogP contribution >= 0.6 is 0 Å². The lowest BCUT2D eigenvalue weighted by Crippen LogP contribution is -1.96. The Morgan fingerprint density at radius 3 is 2.64 bits per heavy atom. The van der Waals surface area contributed by atoms with Gasteiger partial charge in [0.25, 0.3) is 0 Å². The topological polar surface area (TPSA) is 67.4 Å². The number of hydrogen-bond acceptors (Lipinski definition) is 4. The molecule has 1 aromatic carbocycles. The zero-order valence-electron chi connectivity index (χ0n) is 11.2. The van der Waals surface area contributed by atoms with Gasteiger partial charge in [-0.05, 0) is 30.2 Å². The van der Waals surface area contributed by atoms with Gasteiger partial charge in [-0.1, -0.05) is 5.92 Å². The number of benzene rings is 1. The molecule has 0 aliphatic rings. The first-order valence-electron chi connectivity index (χ1n) is 6.29. The molecular weight excluding hydrogens is 281 g/mol. The zero-order chi connectivity index (χ0) is 15.4. The first-order chi connectivity index (χ1) is 10.7. The summed E-state index contributed by atoms with van der Waals surface area (Å²) in [6.07, 6.45) is 6.41. The Kier molecular flexibility index (Phi) is 3.59. The molecule has 0 bridgehead atoms. The van der Waals surface area contributed by atoms with E-state index in [0.29, 0.717) is 17.1 Å². The van der Waals surface area contributed by atoms with Gasteiger partial charge in [0.2, 0.25) is 5.82 Å². The van der Waals surface area contributed by atoms with Crippen molar-refractivity contribution in [3.8, 4) is 23.6 Å². The first kappa shape index (κ1) is 13.5. The van der Waals surface area contributed by atoms with E-state index < -0.39 is 5.82 Å². The molecule has 0 N–H and O–H groups in total. The molecule has 2 heterocycles. The van der Waals surface area contributed by atoms with Crippen LogP contribution in [0, 0.1) is 29.0 Å². The second-order valence-corrected chi connectivity index (χ2v) is 4.31. The number of hydrogen-bond donors (Lipinski definition) is 0. The molecule has 3 rings (SSSR count). The van der Waals surface area contributed by atoms with E-state index in [1.807, 2.05) is 6.07 Å². The minimum absolute atomic E-state index is 0.232. The van der Waals surface area contributed by atoms with Crippen molar-refractivity contribution in [1.82, 2.24) is 19.7 Å². The van der Waals surface area contributed by atoms with Crippen molar-refractivity contribution in [3.63, 3.8) is 0 Å². The van der Waals surface area contributed by atoms with Gasteiger partial charge in [0, 0.05) is 18.6 Å². The lowest BCUT2D eigenvalue weighted by atomic mass is 10.2. The molecule has 104 valence electrons. The van der Waals surface area contributed by atoms with Crippen LogP contribution in [0.25, 0.3) is 5.69 Å². The standard InChI is InChI=1S/C16H8FN5/c17-14-6-13(9-18)7-15(8-14)22-11-12(10-21-22)2-3-16-19-4-1-5-20-16/h1,4-8,10-11H. The fourth-order valence-corrected chi connectivity index (χ4v) is 1.79. The summed E-state index contributed by atoms with van der Waals surface area (Å²) < 4.78 is 14.9. The fraction of sp³-hybridized carbons (Fsp3) is 0. The molecule has 0 atom stereocenters. The van der Waals surface area contributed by atoms with Gasteiger partial charge in [-0.2, -0.15) is 10.4 Å². The van der Waals surface area contributed by atoms with E-state index in [1.54, 1.807) is 36.9 Å². The molecule has 0 saturated carbocycles. The van der Waals surface area contributed by atoms with Gasteiger partial charge >= 0.3 is 0 Å². The second kappa shape index (κ2) is 5.86. The highest BCUT2D eigenvalue weighted by Crippen LogP contribution is 2.13. The lowest BCUT2D eigenvalue weighted by Gasteiger charge is -2.01. The van der Waals surface area contributed by atoms with Gasteiger partial charge in [-0.3, -0.25) is 0 Å². The molecule has 6 heteroatoms. The Morgan fingerprint density at radius 2 is 1.86 bits per heavy atom. The molecule has 0 spiro atoms. The highest BCUT2D eigenvalue weighted by molar-refractivity contribution is 5.43. The maximum atomic E-state index is 13.4. The smallest absolute Gasteiger partial charge is 0.205 e. The number of nitrogens with zero attached hydrogens (tertiary/aromatic N) is 5. The summed E-state index contributed by atoms with van der Waals surface area (Å²) in [7, 11) is 0. The predicted octanol–water partition coefficient (Wildman–Crippen LogP) is 2.07. The van der Waals surface area contributed by atoms with Crippen LogP contribution in [0.5, 0.6) is 0 Å². The van der Waals surface area contributed by atoms with Gasteiger partial charge in [0.15, 0.2) is 0 Å². The normalized spacial score (nSPS) is 9.64. The third-order valence-electron chi connectivity index (χ3n) is 2.74. The average Bonchev–Trinajstić information content (AvgIpc) is 3.02. The summed E-state index contributed by atoms with van der Waals surface area (Å²) in [6, 6.07) is 7.63. The van der Waals surface area contributed by atoms with E-state index in [1.165, 1.54) is 16.8 Å². The fourth-order valence-electron chi connectivity index (χ4n) is 1.79. The predicted molar refractivity (Wildman–Crippen MR) is 76.2 cm³/mol. The molecule has 2 aromatic heterocycles. The van der Waals surface area contributed by atoms with Crippen molar-refractivity contribution >= 4 is 0 Å². The largest absolute Gasteiger partial charge is 0.240 e. The molecule has 0 amide bonds. The van der Waals surface area contributed by atoms with Crippen molar-refractivity contribution in [2.24, 2.45) is 0 Å². The molecule has 22 heavy (non-hydrogen) atoms. The van der Waals surface area contributed by atoms with E-state index in [4.69, 9.17) is 5.26 Å². The van der Waals surface area contributed by atoms with Crippen molar-refractivity contribution in [2.75, 3.05) is 0 Å². The highest BCUT2D eigenvalue weighted by atomic mass is 19.1. The first-order valence-corrected chi connectivity index (χ1v) is 6.29. The van der Waals surface area contributed by atoms with Crippen LogP contribution in [0.4, 0.5) is 4.39 Å². The minimum Gasteiger partial charge on any atom is -0.240 e. The van der Waals surface area contributed by atoms with Crippen LogP contribution in [-0.2, 0) is 0 Å². The van der Waals surface area contributed by atoms with Crippen molar-refractivity contribution < 1.29 is 4.39 Å². The molecule has 0 aliphatic heterocycles. The Morgan fingerprint density at radius 1 is 1.05 bits per heavy atom. The molecule has 5 nitrogen and oxygen atoms in total. The maximum Gasteiger partial charge on any atom is 0.205 e. The summed E-state index contributed by atoms with van der Waals surface area (Å²) in [4.78, 5) is 7.99. The van der Waals surface area contributed by atoms with Crippen LogP contribution < -0.4 is 0 Å². The number of halogens is 1. The van der Waals surface area contributed by atoms with E-state index in [9.17, 15) is 4.39 Å². The number of aromatic nitrogens is 4. The Labute approximate surface area is 125 Å². The van der Waals surface area contributed by atoms with E-state index >= 15 is 0 Å². The quantitative estimate of drug-likeness (QED) is 0.643. The summed E-state index contributed by atoms with van der Waals surface area (Å²) in [6.45, 7) is 0. The van der Waals surface area contributed by atoms with Crippen molar-refractivity contribution in [3.05, 3.63) is 71.8 Å². The van der Waals surface area contributed by atoms with Crippen LogP contribution in [0.3, 0.4) is 0 Å². The van der Waals surface area contributed by atoms with Gasteiger partial charge < -0.3 is 0 Å². The molecule has 0 aliphatic carbocycles. The molecule has 0 fully saturated rings. The average molecular weight is 289 g/mol. The maximum absolute atomic E-state index is 13.4. The van der Waals surface area contributed by atoms with Gasteiger partial charge in [-0.25, -0.2) is 19.0 Å². The summed E-state index contributed by atoms with van der Waals surface area (Å²) >= 11 is 0. The number of nitriles is 1. The van der Waals surface area contributed by atoms with E-state index in [0.717, 1.165) is 0 Å². The van der Waals surface area contributed by atoms with E-state index in [2.05, 4.69) is 26.9 Å². The molecular formula is C16H8FN5. The lowest BCUT2D eigenvalue weighted by molar-refractivity contribution is 0.625. The monoisotopic (exact) mass is 289 g/mol. The van der Waals surface area contributed by atoms with Crippen molar-refractivity contribution in [2.45, 2.75) is 0 Å². The SMILES string of the molecule is N#Cc1cc(F)cc(-n2cc(C#Cc3ncccn3)cn2)c1. The van der Waals surface area contributed by atoms with Gasteiger partial charge in [0.1, 0.15) is 5.82 Å². The summed E-state index contributed by atoms with van der Waals surface area (Å²) in [5, 5.41) is 13.0. The minimum atomic E-state index is -0.491. The Bertz CT molecular complexity index is 913. The summed E-state index contributed by atoms with van der Waals surface area (Å²) in [5.41, 5.74) is 1.33. The van der Waals surface area contributed by atoms with Crippen LogP contribution in [0.2, 0.25) is 0 Å². The van der Waals surface area contributed by atoms with Crippen molar-refractivity contribution in [1.29, 1.82) is 5.26 Å². The Hall–Kier alpha value is -3.51. The van der Waals surface area contributed by atoms with Crippen LogP contribution in [0.15, 0.2) is 49.1 Å². The Balaban J connectivity index is 1.90.